The van der Waals surface area contributed by atoms with Crippen molar-refractivity contribution in [3.63, 3.8) is 0 Å². The van der Waals surface area contributed by atoms with Crippen molar-refractivity contribution in [2.75, 3.05) is 26.2 Å². The summed E-state index contributed by atoms with van der Waals surface area (Å²) in [5, 5.41) is 7.22. The van der Waals surface area contributed by atoms with Crippen molar-refractivity contribution in [3.8, 4) is 0 Å². The van der Waals surface area contributed by atoms with Gasteiger partial charge in [-0.15, -0.1) is 0 Å². The van der Waals surface area contributed by atoms with Crippen LogP contribution in [0.25, 0.3) is 0 Å². The summed E-state index contributed by atoms with van der Waals surface area (Å²) < 4.78 is 0. The average molecular weight is 250 g/mol. The molecule has 2 nitrogen and oxygen atoms in total. The van der Waals surface area contributed by atoms with Gasteiger partial charge in [0.25, 0.3) is 0 Å². The van der Waals surface area contributed by atoms with Gasteiger partial charge in [-0.2, -0.15) is 0 Å². The van der Waals surface area contributed by atoms with Gasteiger partial charge in [0.05, 0.1) is 0 Å². The lowest BCUT2D eigenvalue weighted by atomic mass is 9.49. The minimum Gasteiger partial charge on any atom is -0.315 e. The van der Waals surface area contributed by atoms with Gasteiger partial charge in [0.15, 0.2) is 0 Å². The van der Waals surface area contributed by atoms with Crippen LogP contribution in [0.5, 0.6) is 0 Å². The Balaban J connectivity index is 1.42. The zero-order valence-corrected chi connectivity index (χ0v) is 12.0. The first-order valence-electron chi connectivity index (χ1n) is 8.21. The van der Waals surface area contributed by atoms with Crippen LogP contribution < -0.4 is 10.6 Å². The van der Waals surface area contributed by atoms with Crippen LogP contribution >= 0.6 is 0 Å². The Morgan fingerprint density at radius 3 is 1.94 bits per heavy atom. The topological polar surface area (TPSA) is 24.1 Å². The maximum Gasteiger partial charge on any atom is 0.00769 e. The first kappa shape index (κ1) is 12.9. The van der Waals surface area contributed by atoms with E-state index in [0.29, 0.717) is 5.41 Å². The standard InChI is InChI=1S/C16H30N2/c1-2-3-17-4-5-18-12-16-9-13-6-14(10-16)8-15(7-13)11-16/h13-15,17-18H,2-12H2,1H3. The minimum absolute atomic E-state index is 0.708. The molecule has 0 aromatic rings. The third-order valence-corrected chi connectivity index (χ3v) is 5.57. The Hall–Kier alpha value is -0.0800. The molecular formula is C16H30N2. The summed E-state index contributed by atoms with van der Waals surface area (Å²) >= 11 is 0. The van der Waals surface area contributed by atoms with Crippen LogP contribution in [-0.4, -0.2) is 26.2 Å². The van der Waals surface area contributed by atoms with E-state index in [1.54, 1.807) is 19.3 Å². The van der Waals surface area contributed by atoms with E-state index in [1.165, 1.54) is 38.8 Å². The molecule has 2 heteroatoms. The molecule has 0 unspecified atom stereocenters. The molecule has 104 valence electrons. The zero-order chi connectivity index (χ0) is 12.4. The SMILES string of the molecule is CCCNCCNCC12CC3CC(CC(C3)C1)C2. The van der Waals surface area contributed by atoms with Crippen molar-refractivity contribution in [1.82, 2.24) is 10.6 Å². The van der Waals surface area contributed by atoms with Gasteiger partial charge >= 0.3 is 0 Å². The van der Waals surface area contributed by atoms with Gasteiger partial charge in [-0.1, -0.05) is 6.92 Å². The Labute approximate surface area is 112 Å². The predicted octanol–water partition coefficient (Wildman–Crippen LogP) is 2.79. The average Bonchev–Trinajstić information content (AvgIpc) is 2.32. The highest BCUT2D eigenvalue weighted by molar-refractivity contribution is 5.02. The first-order valence-corrected chi connectivity index (χ1v) is 8.21. The highest BCUT2D eigenvalue weighted by Gasteiger charge is 2.50. The van der Waals surface area contributed by atoms with E-state index >= 15 is 0 Å². The summed E-state index contributed by atoms with van der Waals surface area (Å²) in [5.74, 6) is 3.28. The highest BCUT2D eigenvalue weighted by Crippen LogP contribution is 2.59. The van der Waals surface area contributed by atoms with Crippen LogP contribution in [0.1, 0.15) is 51.9 Å². The maximum absolute atomic E-state index is 3.74. The largest absolute Gasteiger partial charge is 0.315 e. The van der Waals surface area contributed by atoms with Crippen molar-refractivity contribution < 1.29 is 0 Å². The maximum atomic E-state index is 3.74. The molecule has 4 fully saturated rings. The molecular weight excluding hydrogens is 220 g/mol. The van der Waals surface area contributed by atoms with Crippen molar-refractivity contribution in [2.45, 2.75) is 51.9 Å². The Morgan fingerprint density at radius 1 is 0.833 bits per heavy atom. The fourth-order valence-corrected chi connectivity index (χ4v) is 5.34. The Bertz CT molecular complexity index is 239. The van der Waals surface area contributed by atoms with Gasteiger partial charge in [-0.05, 0) is 74.7 Å². The summed E-state index contributed by atoms with van der Waals surface area (Å²) in [6.45, 7) is 6.99. The number of nitrogens with one attached hydrogen (secondary N) is 2. The summed E-state index contributed by atoms with van der Waals surface area (Å²) in [5.41, 5.74) is 0.708. The summed E-state index contributed by atoms with van der Waals surface area (Å²) in [4.78, 5) is 0. The van der Waals surface area contributed by atoms with Crippen LogP contribution in [0, 0.1) is 23.2 Å². The lowest BCUT2D eigenvalue weighted by Crippen LogP contribution is -2.50. The molecule has 4 aliphatic carbocycles. The third-order valence-electron chi connectivity index (χ3n) is 5.57. The second-order valence-electron chi connectivity index (χ2n) is 7.34. The van der Waals surface area contributed by atoms with Gasteiger partial charge in [0, 0.05) is 19.6 Å². The van der Waals surface area contributed by atoms with E-state index in [9.17, 15) is 0 Å². The molecule has 0 aliphatic heterocycles. The molecule has 0 spiro atoms. The fourth-order valence-electron chi connectivity index (χ4n) is 5.34. The van der Waals surface area contributed by atoms with Gasteiger partial charge < -0.3 is 10.6 Å². The molecule has 0 aromatic heterocycles. The Morgan fingerprint density at radius 2 is 1.39 bits per heavy atom. The quantitative estimate of drug-likeness (QED) is 0.679. The van der Waals surface area contributed by atoms with Gasteiger partial charge in [0.1, 0.15) is 0 Å². The number of rotatable bonds is 7. The monoisotopic (exact) mass is 250 g/mol. The molecule has 4 bridgehead atoms. The second kappa shape index (κ2) is 5.50. The molecule has 0 heterocycles. The fraction of sp³-hybridized carbons (Fsp3) is 1.00. The van der Waals surface area contributed by atoms with Crippen molar-refractivity contribution in [1.29, 1.82) is 0 Å². The van der Waals surface area contributed by atoms with Gasteiger partial charge in [-0.3, -0.25) is 0 Å². The van der Waals surface area contributed by atoms with Crippen LogP contribution in [-0.2, 0) is 0 Å². The first-order chi connectivity index (χ1) is 8.80. The molecule has 4 aliphatic rings. The smallest absolute Gasteiger partial charge is 0.00769 e. The van der Waals surface area contributed by atoms with Gasteiger partial charge in [-0.25, -0.2) is 0 Å². The van der Waals surface area contributed by atoms with Crippen molar-refractivity contribution in [2.24, 2.45) is 23.2 Å². The highest BCUT2D eigenvalue weighted by atomic mass is 14.9. The molecule has 0 saturated heterocycles. The lowest BCUT2D eigenvalue weighted by molar-refractivity contribution is -0.0511. The molecule has 0 radical (unpaired) electrons. The third kappa shape index (κ3) is 2.75. The molecule has 4 rings (SSSR count). The van der Waals surface area contributed by atoms with E-state index in [1.807, 2.05) is 0 Å². The summed E-state index contributed by atoms with van der Waals surface area (Å²) in [7, 11) is 0. The van der Waals surface area contributed by atoms with Crippen LogP contribution in [0.2, 0.25) is 0 Å². The van der Waals surface area contributed by atoms with Crippen molar-refractivity contribution >= 4 is 0 Å². The van der Waals surface area contributed by atoms with E-state index < -0.39 is 0 Å². The molecule has 0 aromatic carbocycles. The molecule has 2 N–H and O–H groups in total. The normalized spacial score (nSPS) is 41.5. The molecule has 0 atom stereocenters. The number of hydrogen-bond acceptors (Lipinski definition) is 2. The van der Waals surface area contributed by atoms with E-state index in [2.05, 4.69) is 17.6 Å². The Kier molecular flexibility index (Phi) is 3.95. The second-order valence-corrected chi connectivity index (χ2v) is 7.34. The number of hydrogen-bond donors (Lipinski definition) is 2. The van der Waals surface area contributed by atoms with E-state index in [0.717, 1.165) is 30.8 Å². The zero-order valence-electron chi connectivity index (χ0n) is 12.0. The van der Waals surface area contributed by atoms with Crippen LogP contribution in [0.3, 0.4) is 0 Å². The van der Waals surface area contributed by atoms with Gasteiger partial charge in [0.2, 0.25) is 0 Å². The minimum atomic E-state index is 0.708. The van der Waals surface area contributed by atoms with Crippen LogP contribution in [0.15, 0.2) is 0 Å². The summed E-state index contributed by atoms with van der Waals surface area (Å²) in [6.07, 6.45) is 10.6. The van der Waals surface area contributed by atoms with Crippen molar-refractivity contribution in [3.05, 3.63) is 0 Å². The lowest BCUT2D eigenvalue weighted by Gasteiger charge is -2.57. The summed E-state index contributed by atoms with van der Waals surface area (Å²) in [6, 6.07) is 0. The molecule has 18 heavy (non-hydrogen) atoms. The van der Waals surface area contributed by atoms with E-state index in [4.69, 9.17) is 0 Å². The van der Waals surface area contributed by atoms with Crippen LogP contribution in [0.4, 0.5) is 0 Å². The molecule has 0 amide bonds. The van der Waals surface area contributed by atoms with E-state index in [-0.39, 0.29) is 0 Å². The predicted molar refractivity (Wildman–Crippen MR) is 76.6 cm³/mol. The molecule has 4 saturated carbocycles.